The molecule has 0 bridgehead atoms. The third-order valence-corrected chi connectivity index (χ3v) is 13.6. The van der Waals surface area contributed by atoms with E-state index < -0.39 is 6.04 Å². The number of carbonyl (C=O) groups excluding carboxylic acids is 2. The Morgan fingerprint density at radius 1 is 0.907 bits per heavy atom. The molecule has 248 valence electrons. The lowest BCUT2D eigenvalue weighted by molar-refractivity contribution is -0.367. The molecule has 6 nitrogen and oxygen atoms in total. The van der Waals surface area contributed by atoms with E-state index >= 15 is 0 Å². The molecule has 0 saturated heterocycles. The zero-order valence-corrected chi connectivity index (χ0v) is 28.9. The molecular formula is C37H68N3O3+. The number of quaternary nitrogens is 1. The Morgan fingerprint density at radius 2 is 1.63 bits per heavy atom. The van der Waals surface area contributed by atoms with Gasteiger partial charge in [0.05, 0.1) is 13.7 Å². The molecule has 4 saturated carbocycles. The van der Waals surface area contributed by atoms with Gasteiger partial charge in [0, 0.05) is 19.4 Å². The van der Waals surface area contributed by atoms with Crippen LogP contribution in [0, 0.1) is 58.2 Å². The zero-order chi connectivity index (χ0) is 31.2. The average molecular weight is 603 g/mol. The van der Waals surface area contributed by atoms with Crippen molar-refractivity contribution in [1.29, 1.82) is 0 Å². The molecule has 0 aromatic carbocycles. The van der Waals surface area contributed by atoms with Gasteiger partial charge in [-0.25, -0.2) is 4.79 Å². The molecule has 0 spiro atoms. The number of hydrogen-bond donors (Lipinski definition) is 3. The van der Waals surface area contributed by atoms with Gasteiger partial charge in [0.15, 0.2) is 0 Å². The number of esters is 1. The van der Waals surface area contributed by atoms with Crippen LogP contribution in [-0.2, 0) is 14.3 Å². The highest BCUT2D eigenvalue weighted by atomic mass is 16.5. The van der Waals surface area contributed by atoms with Crippen LogP contribution in [0.3, 0.4) is 0 Å². The largest absolute Gasteiger partial charge is 0.467 e. The molecule has 0 heterocycles. The van der Waals surface area contributed by atoms with Gasteiger partial charge in [0.25, 0.3) is 0 Å². The second-order valence-electron chi connectivity index (χ2n) is 16.3. The number of ether oxygens (including phenoxy) is 1. The molecular weight excluding hydrogens is 534 g/mol. The zero-order valence-electron chi connectivity index (χ0n) is 28.9. The summed E-state index contributed by atoms with van der Waals surface area (Å²) in [5, 5.41) is 6.55. The summed E-state index contributed by atoms with van der Waals surface area (Å²) in [6.07, 6.45) is 19.6. The van der Waals surface area contributed by atoms with E-state index in [4.69, 9.17) is 4.74 Å². The van der Waals surface area contributed by atoms with Gasteiger partial charge in [-0.05, 0) is 135 Å². The van der Waals surface area contributed by atoms with Gasteiger partial charge in [-0.1, -0.05) is 47.5 Å². The average Bonchev–Trinajstić information content (AvgIpc) is 3.35. The molecule has 4 fully saturated rings. The number of nitrogens with one attached hydrogen (secondary N) is 2. The van der Waals surface area contributed by atoms with E-state index in [1.54, 1.807) is 0 Å². The van der Waals surface area contributed by atoms with E-state index in [0.29, 0.717) is 29.1 Å². The Kier molecular flexibility index (Phi) is 12.5. The van der Waals surface area contributed by atoms with Gasteiger partial charge >= 0.3 is 5.97 Å². The van der Waals surface area contributed by atoms with Crippen molar-refractivity contribution in [1.82, 2.24) is 10.6 Å². The van der Waals surface area contributed by atoms with Crippen LogP contribution in [0.5, 0.6) is 0 Å². The predicted molar refractivity (Wildman–Crippen MR) is 175 cm³/mol. The van der Waals surface area contributed by atoms with Crippen LogP contribution >= 0.6 is 0 Å². The number of methoxy groups -OCH3 is 1. The number of carbonyl (C=O) groups is 2. The fourth-order valence-electron chi connectivity index (χ4n) is 11.1. The molecule has 10 atom stereocenters. The highest BCUT2D eigenvalue weighted by Crippen LogP contribution is 2.68. The monoisotopic (exact) mass is 603 g/mol. The van der Waals surface area contributed by atoms with Crippen LogP contribution in [0.4, 0.5) is 0 Å². The molecule has 6 heteroatoms. The van der Waals surface area contributed by atoms with Crippen molar-refractivity contribution >= 4 is 11.9 Å². The van der Waals surface area contributed by atoms with Gasteiger partial charge in [0.1, 0.15) is 6.04 Å². The first-order chi connectivity index (χ1) is 20.5. The molecule has 5 N–H and O–H groups in total. The fourth-order valence-corrected chi connectivity index (χ4v) is 11.1. The van der Waals surface area contributed by atoms with Gasteiger partial charge in [-0.3, -0.25) is 4.79 Å². The lowest BCUT2D eigenvalue weighted by atomic mass is 9.44. The van der Waals surface area contributed by atoms with Crippen LogP contribution in [-0.4, -0.2) is 44.7 Å². The quantitative estimate of drug-likeness (QED) is 0.150. The topological polar surface area (TPSA) is 95.1 Å². The first kappa shape index (κ1) is 34.7. The van der Waals surface area contributed by atoms with Gasteiger partial charge in [-0.2, -0.15) is 0 Å². The number of amides is 1. The second-order valence-corrected chi connectivity index (χ2v) is 16.3. The number of fused-ring (bicyclic) bond motifs is 5. The van der Waals surface area contributed by atoms with Crippen LogP contribution < -0.4 is 16.4 Å². The number of hydrogen-bond acceptors (Lipinski definition) is 4. The Balaban J connectivity index is 1.27. The van der Waals surface area contributed by atoms with E-state index in [1.165, 1.54) is 97.1 Å². The minimum Gasteiger partial charge on any atom is -0.467 e. The second kappa shape index (κ2) is 15.4. The number of rotatable bonds is 15. The SMILES string of the molecule is COC(=O)[C@H](NC(=O)CC[C@@H](C)[C@H]1CCC2C3CC[C@@H]4C[C@@H](CCCCNCCC[NH3+])CC[C@]4(C)C3CC[C@@]21C)C(C)C. The first-order valence-electron chi connectivity index (χ1n) is 18.4. The van der Waals surface area contributed by atoms with Crippen molar-refractivity contribution in [3.63, 3.8) is 0 Å². The lowest BCUT2D eigenvalue weighted by Crippen LogP contribution is -2.53. The maximum atomic E-state index is 12.8. The molecule has 1 amide bonds. The van der Waals surface area contributed by atoms with E-state index in [2.05, 4.69) is 37.1 Å². The Bertz CT molecular complexity index is 910. The van der Waals surface area contributed by atoms with Crippen molar-refractivity contribution in [2.75, 3.05) is 26.7 Å². The summed E-state index contributed by atoms with van der Waals surface area (Å²) in [6, 6.07) is -0.557. The molecule has 0 aromatic heterocycles. The predicted octanol–water partition coefficient (Wildman–Crippen LogP) is 6.38. The van der Waals surface area contributed by atoms with Crippen LogP contribution in [0.15, 0.2) is 0 Å². The lowest BCUT2D eigenvalue weighted by Gasteiger charge is -2.61. The minimum absolute atomic E-state index is 0.0115. The Hall–Kier alpha value is -1.14. The molecule has 4 aliphatic rings. The summed E-state index contributed by atoms with van der Waals surface area (Å²) in [5.74, 6) is 5.51. The summed E-state index contributed by atoms with van der Waals surface area (Å²) in [5.41, 5.74) is 4.92. The van der Waals surface area contributed by atoms with Gasteiger partial charge in [0.2, 0.25) is 5.91 Å². The highest BCUT2D eigenvalue weighted by Gasteiger charge is 2.60. The number of unbranched alkanes of at least 4 members (excludes halogenated alkanes) is 1. The third-order valence-electron chi connectivity index (χ3n) is 13.6. The van der Waals surface area contributed by atoms with Crippen molar-refractivity contribution < 1.29 is 20.1 Å². The molecule has 0 aliphatic heterocycles. The van der Waals surface area contributed by atoms with Crippen molar-refractivity contribution in [2.24, 2.45) is 58.2 Å². The van der Waals surface area contributed by atoms with Gasteiger partial charge in [-0.15, -0.1) is 0 Å². The molecule has 4 aliphatic carbocycles. The molecule has 0 aromatic rings. The summed E-state index contributed by atoms with van der Waals surface area (Å²) in [7, 11) is 1.39. The van der Waals surface area contributed by atoms with Crippen molar-refractivity contribution in [2.45, 2.75) is 137 Å². The summed E-state index contributed by atoms with van der Waals surface area (Å²) in [4.78, 5) is 25.0. The Labute approximate surface area is 264 Å². The minimum atomic E-state index is -0.557. The summed E-state index contributed by atoms with van der Waals surface area (Å²) in [6.45, 7) is 15.0. The first-order valence-corrected chi connectivity index (χ1v) is 18.4. The van der Waals surface area contributed by atoms with Crippen molar-refractivity contribution in [3.8, 4) is 0 Å². The summed E-state index contributed by atoms with van der Waals surface area (Å²) < 4.78 is 4.92. The molecule has 43 heavy (non-hydrogen) atoms. The van der Waals surface area contributed by atoms with E-state index in [0.717, 1.165) is 49.1 Å². The van der Waals surface area contributed by atoms with Crippen molar-refractivity contribution in [3.05, 3.63) is 0 Å². The molecule has 0 radical (unpaired) electrons. The van der Waals surface area contributed by atoms with Crippen LogP contribution in [0.1, 0.15) is 131 Å². The van der Waals surface area contributed by atoms with Crippen LogP contribution in [0.25, 0.3) is 0 Å². The molecule has 3 unspecified atom stereocenters. The maximum absolute atomic E-state index is 12.8. The standard InChI is InChI=1S/C37H67N3O3/c1-25(2)34(35(42)43-6)40-33(41)16-11-26(3)30-14-15-31-29-13-12-28-24-27(10-7-8-22-39-23-9-21-38)17-19-36(28,4)32(29)18-20-37(30,31)5/h25-32,34,39H,7-24,38H2,1-6H3,(H,40,41)/p+1/t26-,27+,28-,29?,30-,31?,32?,34-,36+,37-/m1/s1. The normalized spacial score (nSPS) is 36.7. The summed E-state index contributed by atoms with van der Waals surface area (Å²) >= 11 is 0. The van der Waals surface area contributed by atoms with Crippen LogP contribution in [0.2, 0.25) is 0 Å². The van der Waals surface area contributed by atoms with E-state index in [-0.39, 0.29) is 17.8 Å². The highest BCUT2D eigenvalue weighted by molar-refractivity contribution is 5.84. The third kappa shape index (κ3) is 7.81. The van der Waals surface area contributed by atoms with E-state index in [1.807, 2.05) is 13.8 Å². The van der Waals surface area contributed by atoms with E-state index in [9.17, 15) is 9.59 Å². The fraction of sp³-hybridized carbons (Fsp3) is 0.946. The molecule has 4 rings (SSSR count). The smallest absolute Gasteiger partial charge is 0.328 e. The van der Waals surface area contributed by atoms with Gasteiger partial charge < -0.3 is 21.1 Å². The maximum Gasteiger partial charge on any atom is 0.328 e. The Morgan fingerprint density at radius 3 is 2.35 bits per heavy atom.